The zero-order valence-corrected chi connectivity index (χ0v) is 16.0. The van der Waals surface area contributed by atoms with Crippen LogP contribution in [-0.4, -0.2) is 25.6 Å². The Labute approximate surface area is 161 Å². The van der Waals surface area contributed by atoms with Gasteiger partial charge in [0, 0.05) is 11.6 Å². The SMILES string of the molecule is C=CCOc1cc(OCC=C)c(C(=O)c2ccc(OCC)cc2)cc1CC. The standard InChI is InChI=1S/C23H26O4/c1-5-13-26-21-16-22(27-14-6-2)20(15-17(21)7-3)23(24)18-9-11-19(12-10-18)25-8-4/h5-6,9-12,15-16H,1-2,7-8,13-14H2,3-4H3. The van der Waals surface area contributed by atoms with Gasteiger partial charge in [0.1, 0.15) is 30.5 Å². The van der Waals surface area contributed by atoms with E-state index in [0.717, 1.165) is 17.7 Å². The summed E-state index contributed by atoms with van der Waals surface area (Å²) < 4.78 is 16.9. The minimum atomic E-state index is -0.109. The highest BCUT2D eigenvalue weighted by Gasteiger charge is 2.19. The van der Waals surface area contributed by atoms with Gasteiger partial charge in [-0.2, -0.15) is 0 Å². The summed E-state index contributed by atoms with van der Waals surface area (Å²) in [6, 6.07) is 10.7. The molecular weight excluding hydrogens is 340 g/mol. The Morgan fingerprint density at radius 3 is 2.11 bits per heavy atom. The van der Waals surface area contributed by atoms with E-state index < -0.39 is 0 Å². The van der Waals surface area contributed by atoms with Crippen molar-refractivity contribution in [2.75, 3.05) is 19.8 Å². The van der Waals surface area contributed by atoms with Crippen LogP contribution >= 0.6 is 0 Å². The summed E-state index contributed by atoms with van der Waals surface area (Å²) in [5.41, 5.74) is 2.02. The third-order valence-electron chi connectivity index (χ3n) is 3.93. The Kier molecular flexibility index (Phi) is 7.68. The van der Waals surface area contributed by atoms with Crippen LogP contribution in [-0.2, 0) is 6.42 Å². The summed E-state index contributed by atoms with van der Waals surface area (Å²) in [6.07, 6.45) is 4.06. The van der Waals surface area contributed by atoms with E-state index in [0.29, 0.717) is 42.4 Å². The van der Waals surface area contributed by atoms with Crippen molar-refractivity contribution in [2.24, 2.45) is 0 Å². The van der Waals surface area contributed by atoms with Gasteiger partial charge in [-0.05, 0) is 49.2 Å². The van der Waals surface area contributed by atoms with Gasteiger partial charge in [-0.3, -0.25) is 4.79 Å². The molecule has 0 fully saturated rings. The quantitative estimate of drug-likeness (QED) is 0.414. The molecule has 27 heavy (non-hydrogen) atoms. The molecule has 0 unspecified atom stereocenters. The first-order valence-corrected chi connectivity index (χ1v) is 9.06. The van der Waals surface area contributed by atoms with Crippen LogP contribution in [0.4, 0.5) is 0 Å². The van der Waals surface area contributed by atoms with Crippen molar-refractivity contribution in [3.05, 3.63) is 78.4 Å². The highest BCUT2D eigenvalue weighted by molar-refractivity contribution is 6.11. The molecule has 0 spiro atoms. The Hall–Kier alpha value is -3.01. The second-order valence-electron chi connectivity index (χ2n) is 5.80. The van der Waals surface area contributed by atoms with Gasteiger partial charge in [-0.15, -0.1) is 0 Å². The Balaban J connectivity index is 2.43. The third-order valence-corrected chi connectivity index (χ3v) is 3.93. The summed E-state index contributed by atoms with van der Waals surface area (Å²) in [6.45, 7) is 12.6. The lowest BCUT2D eigenvalue weighted by molar-refractivity contribution is 0.103. The molecule has 0 radical (unpaired) electrons. The average molecular weight is 366 g/mol. The van der Waals surface area contributed by atoms with Gasteiger partial charge in [-0.25, -0.2) is 0 Å². The maximum atomic E-state index is 13.1. The largest absolute Gasteiger partial charge is 0.494 e. The molecule has 2 aromatic carbocycles. The lowest BCUT2D eigenvalue weighted by atomic mass is 9.98. The molecule has 0 heterocycles. The van der Waals surface area contributed by atoms with Crippen LogP contribution in [0.15, 0.2) is 61.7 Å². The number of ether oxygens (including phenoxy) is 3. The number of ketones is 1. The van der Waals surface area contributed by atoms with E-state index in [1.165, 1.54) is 0 Å². The topological polar surface area (TPSA) is 44.8 Å². The number of aryl methyl sites for hydroxylation is 1. The van der Waals surface area contributed by atoms with Gasteiger partial charge in [-0.1, -0.05) is 32.2 Å². The van der Waals surface area contributed by atoms with E-state index in [9.17, 15) is 4.79 Å². The summed E-state index contributed by atoms with van der Waals surface area (Å²) in [7, 11) is 0. The first kappa shape index (κ1) is 20.3. The molecule has 4 nitrogen and oxygen atoms in total. The lowest BCUT2D eigenvalue weighted by Gasteiger charge is -2.16. The normalized spacial score (nSPS) is 10.1. The van der Waals surface area contributed by atoms with Crippen molar-refractivity contribution in [2.45, 2.75) is 20.3 Å². The number of hydrogen-bond acceptors (Lipinski definition) is 4. The zero-order chi connectivity index (χ0) is 19.6. The fourth-order valence-corrected chi connectivity index (χ4v) is 2.64. The molecule has 0 atom stereocenters. The molecule has 0 aliphatic heterocycles. The molecule has 0 N–H and O–H groups in total. The average Bonchev–Trinajstić information content (AvgIpc) is 2.70. The van der Waals surface area contributed by atoms with Gasteiger partial charge in [0.15, 0.2) is 5.78 Å². The molecule has 0 bridgehead atoms. The second-order valence-corrected chi connectivity index (χ2v) is 5.80. The highest BCUT2D eigenvalue weighted by atomic mass is 16.5. The summed E-state index contributed by atoms with van der Waals surface area (Å²) in [4.78, 5) is 13.1. The zero-order valence-electron chi connectivity index (χ0n) is 16.0. The van der Waals surface area contributed by atoms with Crippen LogP contribution < -0.4 is 14.2 Å². The highest BCUT2D eigenvalue weighted by Crippen LogP contribution is 2.32. The van der Waals surface area contributed by atoms with Crippen molar-refractivity contribution in [1.82, 2.24) is 0 Å². The molecule has 0 amide bonds. The maximum absolute atomic E-state index is 13.1. The van der Waals surface area contributed by atoms with Crippen LogP contribution in [0.2, 0.25) is 0 Å². The van der Waals surface area contributed by atoms with E-state index in [1.807, 2.05) is 19.9 Å². The molecule has 0 aromatic heterocycles. The van der Waals surface area contributed by atoms with E-state index >= 15 is 0 Å². The van der Waals surface area contributed by atoms with E-state index in [4.69, 9.17) is 14.2 Å². The molecule has 0 aliphatic rings. The summed E-state index contributed by atoms with van der Waals surface area (Å²) >= 11 is 0. The van der Waals surface area contributed by atoms with Gasteiger partial charge in [0.25, 0.3) is 0 Å². The maximum Gasteiger partial charge on any atom is 0.196 e. The minimum Gasteiger partial charge on any atom is -0.494 e. The van der Waals surface area contributed by atoms with Crippen LogP contribution in [0.1, 0.15) is 35.3 Å². The van der Waals surface area contributed by atoms with Crippen LogP contribution in [0.3, 0.4) is 0 Å². The fourth-order valence-electron chi connectivity index (χ4n) is 2.64. The Morgan fingerprint density at radius 1 is 0.926 bits per heavy atom. The smallest absolute Gasteiger partial charge is 0.196 e. The van der Waals surface area contributed by atoms with Gasteiger partial charge in [0.2, 0.25) is 0 Å². The van der Waals surface area contributed by atoms with Crippen molar-refractivity contribution in [3.8, 4) is 17.2 Å². The lowest BCUT2D eigenvalue weighted by Crippen LogP contribution is -2.08. The molecule has 2 rings (SSSR count). The third kappa shape index (κ3) is 5.23. The van der Waals surface area contributed by atoms with E-state index in [1.54, 1.807) is 42.5 Å². The van der Waals surface area contributed by atoms with Gasteiger partial charge in [0.05, 0.1) is 12.2 Å². The van der Waals surface area contributed by atoms with Crippen molar-refractivity contribution in [1.29, 1.82) is 0 Å². The second kappa shape index (κ2) is 10.2. The molecular formula is C23H26O4. The monoisotopic (exact) mass is 366 g/mol. The molecule has 2 aromatic rings. The van der Waals surface area contributed by atoms with Gasteiger partial charge < -0.3 is 14.2 Å². The number of carbonyl (C=O) groups excluding carboxylic acids is 1. The fraction of sp³-hybridized carbons (Fsp3) is 0.261. The Morgan fingerprint density at radius 2 is 1.56 bits per heavy atom. The van der Waals surface area contributed by atoms with Crippen molar-refractivity contribution < 1.29 is 19.0 Å². The molecule has 0 aliphatic carbocycles. The van der Waals surface area contributed by atoms with Crippen molar-refractivity contribution >= 4 is 5.78 Å². The van der Waals surface area contributed by atoms with Crippen LogP contribution in [0.25, 0.3) is 0 Å². The summed E-state index contributed by atoms with van der Waals surface area (Å²) in [5.74, 6) is 1.80. The molecule has 0 saturated heterocycles. The van der Waals surface area contributed by atoms with Crippen molar-refractivity contribution in [3.63, 3.8) is 0 Å². The summed E-state index contributed by atoms with van der Waals surface area (Å²) in [5, 5.41) is 0. The number of benzene rings is 2. The van der Waals surface area contributed by atoms with E-state index in [2.05, 4.69) is 13.2 Å². The number of hydrogen-bond donors (Lipinski definition) is 0. The first-order valence-electron chi connectivity index (χ1n) is 9.06. The van der Waals surface area contributed by atoms with Crippen LogP contribution in [0, 0.1) is 0 Å². The molecule has 0 saturated carbocycles. The molecule has 4 heteroatoms. The van der Waals surface area contributed by atoms with Gasteiger partial charge >= 0.3 is 0 Å². The predicted octanol–water partition coefficient (Wildman–Crippen LogP) is 5.01. The number of rotatable bonds is 11. The predicted molar refractivity (Wildman–Crippen MR) is 108 cm³/mol. The van der Waals surface area contributed by atoms with E-state index in [-0.39, 0.29) is 5.78 Å². The number of carbonyl (C=O) groups is 1. The Bertz CT molecular complexity index is 791. The molecule has 142 valence electrons. The minimum absolute atomic E-state index is 0.109. The first-order chi connectivity index (χ1) is 13.1. The van der Waals surface area contributed by atoms with Crippen LogP contribution in [0.5, 0.6) is 17.2 Å².